The molecule has 2 aromatic carbocycles. The average molecular weight is 356 g/mol. The van der Waals surface area contributed by atoms with Crippen molar-refractivity contribution in [2.75, 3.05) is 13.2 Å². The lowest BCUT2D eigenvalue weighted by molar-refractivity contribution is 0.0906. The summed E-state index contributed by atoms with van der Waals surface area (Å²) in [5.74, 6) is -0.552. The quantitative estimate of drug-likeness (QED) is 0.525. The van der Waals surface area contributed by atoms with Gasteiger partial charge in [-0.2, -0.15) is 0 Å². The van der Waals surface area contributed by atoms with Gasteiger partial charge in [-0.1, -0.05) is 24.3 Å². The molecule has 1 atom stereocenters. The second-order valence-corrected chi connectivity index (χ2v) is 6.20. The summed E-state index contributed by atoms with van der Waals surface area (Å²) in [6, 6.07) is 11.9. The summed E-state index contributed by atoms with van der Waals surface area (Å²) in [6.07, 6.45) is 1.89. The van der Waals surface area contributed by atoms with Gasteiger partial charge >= 0.3 is 0 Å². The fourth-order valence-corrected chi connectivity index (χ4v) is 2.87. The Morgan fingerprint density at radius 1 is 1.15 bits per heavy atom. The smallest absolute Gasteiger partial charge is 0.253 e. The number of aliphatic hydroxyl groups excluding tert-OH is 2. The van der Waals surface area contributed by atoms with E-state index in [0.717, 1.165) is 22.0 Å². The maximum absolute atomic E-state index is 13.1. The van der Waals surface area contributed by atoms with Crippen LogP contribution in [0.5, 0.6) is 0 Å². The minimum atomic E-state index is -0.679. The molecule has 0 bridgehead atoms. The van der Waals surface area contributed by atoms with Crippen molar-refractivity contribution in [3.63, 3.8) is 0 Å². The van der Waals surface area contributed by atoms with Crippen LogP contribution in [0, 0.1) is 5.82 Å². The van der Waals surface area contributed by atoms with Crippen LogP contribution >= 0.6 is 0 Å². The van der Waals surface area contributed by atoms with E-state index in [-0.39, 0.29) is 24.9 Å². The van der Waals surface area contributed by atoms with Gasteiger partial charge < -0.3 is 20.5 Å². The number of aromatic amines is 1. The first-order valence-corrected chi connectivity index (χ1v) is 8.52. The van der Waals surface area contributed by atoms with Crippen LogP contribution in [0.1, 0.15) is 23.2 Å². The molecule has 0 radical (unpaired) electrons. The summed E-state index contributed by atoms with van der Waals surface area (Å²) in [5, 5.41) is 22.0. The van der Waals surface area contributed by atoms with Crippen molar-refractivity contribution in [1.29, 1.82) is 0 Å². The molecule has 0 aliphatic rings. The van der Waals surface area contributed by atoms with Crippen LogP contribution < -0.4 is 5.32 Å². The summed E-state index contributed by atoms with van der Waals surface area (Å²) in [6.45, 7) is 0.156. The zero-order valence-corrected chi connectivity index (χ0v) is 14.2. The molecule has 0 saturated heterocycles. The van der Waals surface area contributed by atoms with Crippen LogP contribution in [-0.2, 0) is 0 Å². The molecule has 3 aromatic rings. The van der Waals surface area contributed by atoms with Crippen LogP contribution in [0.25, 0.3) is 22.0 Å². The van der Waals surface area contributed by atoms with E-state index in [1.54, 1.807) is 18.3 Å². The SMILES string of the molecule is O=C(NCC(O)CCCO)c1c[nH]c2cc(-c3ccc(F)cc3)ccc12. The Bertz CT molecular complexity index is 890. The van der Waals surface area contributed by atoms with Crippen molar-refractivity contribution in [1.82, 2.24) is 10.3 Å². The van der Waals surface area contributed by atoms with Gasteiger partial charge in [-0.25, -0.2) is 4.39 Å². The van der Waals surface area contributed by atoms with Gasteiger partial charge in [-0.15, -0.1) is 0 Å². The zero-order chi connectivity index (χ0) is 18.5. The Balaban J connectivity index is 1.74. The third kappa shape index (κ3) is 4.09. The topological polar surface area (TPSA) is 85.3 Å². The van der Waals surface area contributed by atoms with Gasteiger partial charge in [0.15, 0.2) is 0 Å². The van der Waals surface area contributed by atoms with Crippen molar-refractivity contribution < 1.29 is 19.4 Å². The summed E-state index contributed by atoms with van der Waals surface area (Å²) in [4.78, 5) is 15.4. The standard InChI is InChI=1S/C20H21FN2O3/c21-15-6-3-13(4-7-15)14-5-8-17-18(12-22-19(17)10-14)20(26)23-11-16(25)2-1-9-24/h3-8,10,12,16,22,24-25H,1-2,9,11H2,(H,23,26). The number of fused-ring (bicyclic) bond motifs is 1. The van der Waals surface area contributed by atoms with Gasteiger partial charge in [-0.3, -0.25) is 4.79 Å². The predicted molar refractivity (Wildman–Crippen MR) is 98.4 cm³/mol. The molecule has 1 unspecified atom stereocenters. The molecule has 3 rings (SSSR count). The molecule has 1 amide bonds. The number of rotatable bonds is 7. The highest BCUT2D eigenvalue weighted by Crippen LogP contribution is 2.26. The highest BCUT2D eigenvalue weighted by Gasteiger charge is 2.14. The molecule has 136 valence electrons. The van der Waals surface area contributed by atoms with Crippen molar-refractivity contribution in [2.24, 2.45) is 0 Å². The number of halogens is 1. The fourth-order valence-electron chi connectivity index (χ4n) is 2.87. The molecule has 1 heterocycles. The Hall–Kier alpha value is -2.70. The van der Waals surface area contributed by atoms with Gasteiger partial charge in [0.2, 0.25) is 0 Å². The minimum Gasteiger partial charge on any atom is -0.396 e. The number of H-pyrrole nitrogens is 1. The third-order valence-corrected chi connectivity index (χ3v) is 4.30. The second-order valence-electron chi connectivity index (χ2n) is 6.20. The van der Waals surface area contributed by atoms with E-state index in [9.17, 15) is 14.3 Å². The maximum atomic E-state index is 13.1. The van der Waals surface area contributed by atoms with Crippen molar-refractivity contribution in [2.45, 2.75) is 18.9 Å². The number of amides is 1. The van der Waals surface area contributed by atoms with E-state index in [2.05, 4.69) is 10.3 Å². The number of hydrogen-bond acceptors (Lipinski definition) is 3. The molecule has 5 nitrogen and oxygen atoms in total. The predicted octanol–water partition coefficient (Wildman–Crippen LogP) is 2.84. The van der Waals surface area contributed by atoms with Gasteiger partial charge in [-0.05, 0) is 42.2 Å². The van der Waals surface area contributed by atoms with E-state index < -0.39 is 6.10 Å². The number of nitrogens with one attached hydrogen (secondary N) is 2. The Morgan fingerprint density at radius 2 is 1.88 bits per heavy atom. The first-order valence-electron chi connectivity index (χ1n) is 8.52. The van der Waals surface area contributed by atoms with E-state index in [1.807, 2.05) is 18.2 Å². The lowest BCUT2D eigenvalue weighted by atomic mass is 10.0. The molecule has 1 aromatic heterocycles. The average Bonchev–Trinajstić information content (AvgIpc) is 3.08. The van der Waals surface area contributed by atoms with E-state index in [0.29, 0.717) is 18.4 Å². The monoisotopic (exact) mass is 356 g/mol. The number of carbonyl (C=O) groups excluding carboxylic acids is 1. The van der Waals surface area contributed by atoms with Crippen molar-refractivity contribution in [3.05, 3.63) is 60.0 Å². The van der Waals surface area contributed by atoms with Gasteiger partial charge in [0, 0.05) is 30.3 Å². The maximum Gasteiger partial charge on any atom is 0.253 e. The number of carbonyl (C=O) groups is 1. The molecule has 0 saturated carbocycles. The van der Waals surface area contributed by atoms with Crippen molar-refractivity contribution >= 4 is 16.8 Å². The lowest BCUT2D eigenvalue weighted by Gasteiger charge is -2.10. The molecule has 0 fully saturated rings. The highest BCUT2D eigenvalue weighted by atomic mass is 19.1. The Morgan fingerprint density at radius 3 is 2.62 bits per heavy atom. The lowest BCUT2D eigenvalue weighted by Crippen LogP contribution is -2.32. The summed E-state index contributed by atoms with van der Waals surface area (Å²) >= 11 is 0. The molecule has 0 aliphatic heterocycles. The minimum absolute atomic E-state index is 0.0177. The number of aromatic nitrogens is 1. The largest absolute Gasteiger partial charge is 0.396 e. The normalized spacial score (nSPS) is 12.3. The molecule has 26 heavy (non-hydrogen) atoms. The van der Waals surface area contributed by atoms with Gasteiger partial charge in [0.1, 0.15) is 5.82 Å². The van der Waals surface area contributed by atoms with Crippen LogP contribution in [0.4, 0.5) is 4.39 Å². The molecular weight excluding hydrogens is 335 g/mol. The first-order chi connectivity index (χ1) is 12.6. The fraction of sp³-hybridized carbons (Fsp3) is 0.250. The number of aliphatic hydroxyl groups is 2. The Kier molecular flexibility index (Phi) is 5.65. The van der Waals surface area contributed by atoms with Crippen LogP contribution in [0.3, 0.4) is 0 Å². The van der Waals surface area contributed by atoms with E-state index in [1.165, 1.54) is 12.1 Å². The zero-order valence-electron chi connectivity index (χ0n) is 14.2. The van der Waals surface area contributed by atoms with E-state index in [4.69, 9.17) is 5.11 Å². The molecule has 0 aliphatic carbocycles. The second kappa shape index (κ2) is 8.12. The Labute approximate surface area is 150 Å². The summed E-state index contributed by atoms with van der Waals surface area (Å²) in [5.41, 5.74) is 3.12. The highest BCUT2D eigenvalue weighted by molar-refractivity contribution is 6.07. The van der Waals surface area contributed by atoms with Crippen LogP contribution in [0.15, 0.2) is 48.7 Å². The number of hydrogen-bond donors (Lipinski definition) is 4. The van der Waals surface area contributed by atoms with Crippen LogP contribution in [0.2, 0.25) is 0 Å². The van der Waals surface area contributed by atoms with E-state index >= 15 is 0 Å². The number of benzene rings is 2. The molecule has 6 heteroatoms. The third-order valence-electron chi connectivity index (χ3n) is 4.30. The molecule has 4 N–H and O–H groups in total. The van der Waals surface area contributed by atoms with Gasteiger partial charge in [0.05, 0.1) is 11.7 Å². The summed E-state index contributed by atoms with van der Waals surface area (Å²) < 4.78 is 13.1. The molecule has 0 spiro atoms. The van der Waals surface area contributed by atoms with Crippen LogP contribution in [-0.4, -0.2) is 40.4 Å². The van der Waals surface area contributed by atoms with Crippen molar-refractivity contribution in [3.8, 4) is 11.1 Å². The summed E-state index contributed by atoms with van der Waals surface area (Å²) in [7, 11) is 0. The first kappa shape index (κ1) is 18.1. The van der Waals surface area contributed by atoms with Gasteiger partial charge in [0.25, 0.3) is 5.91 Å². The molecular formula is C20H21FN2O3.